The van der Waals surface area contributed by atoms with E-state index in [-0.39, 0.29) is 11.6 Å². The first-order valence-electron chi connectivity index (χ1n) is 6.20. The minimum absolute atomic E-state index is 0.0796. The summed E-state index contributed by atoms with van der Waals surface area (Å²) in [6.07, 6.45) is 0.916. The van der Waals surface area contributed by atoms with E-state index in [1.807, 2.05) is 31.2 Å². The van der Waals surface area contributed by atoms with Gasteiger partial charge in [-0.1, -0.05) is 30.8 Å². The second kappa shape index (κ2) is 6.04. The van der Waals surface area contributed by atoms with Crippen molar-refractivity contribution >= 4 is 11.8 Å². The molecule has 1 heterocycles. The second-order valence-corrected chi connectivity index (χ2v) is 5.44. The molecule has 0 amide bonds. The molecular weight excluding hydrogens is 258 g/mol. The van der Waals surface area contributed by atoms with Crippen molar-refractivity contribution in [2.45, 2.75) is 36.4 Å². The number of aromatic amines is 1. The van der Waals surface area contributed by atoms with Gasteiger partial charge in [-0.15, -0.1) is 0 Å². The molecule has 2 rings (SSSR count). The lowest BCUT2D eigenvalue weighted by atomic mass is 10.1. The highest BCUT2D eigenvalue weighted by atomic mass is 32.2. The Kier molecular flexibility index (Phi) is 4.39. The largest absolute Gasteiger partial charge is 0.324 e. The van der Waals surface area contributed by atoms with E-state index in [1.54, 1.807) is 0 Å². The van der Waals surface area contributed by atoms with E-state index >= 15 is 0 Å². The van der Waals surface area contributed by atoms with Gasteiger partial charge in [0.2, 0.25) is 0 Å². The van der Waals surface area contributed by atoms with Crippen molar-refractivity contribution in [3.8, 4) is 0 Å². The number of H-pyrrole nitrogens is 1. The molecule has 0 spiro atoms. The third kappa shape index (κ3) is 3.68. The molecule has 5 heteroatoms. The van der Waals surface area contributed by atoms with Crippen LogP contribution in [0.2, 0.25) is 0 Å². The predicted octanol–water partition coefficient (Wildman–Crippen LogP) is 2.64. The molecule has 0 saturated carbocycles. The molecule has 2 aromatic rings. The number of aromatic nitrogens is 2. The maximum absolute atomic E-state index is 11.4. The van der Waals surface area contributed by atoms with Crippen molar-refractivity contribution in [2.24, 2.45) is 5.73 Å². The number of rotatable bonds is 4. The summed E-state index contributed by atoms with van der Waals surface area (Å²) in [5, 5.41) is 0.609. The van der Waals surface area contributed by atoms with Crippen molar-refractivity contribution in [1.29, 1.82) is 0 Å². The van der Waals surface area contributed by atoms with Gasteiger partial charge in [-0.2, -0.15) is 0 Å². The molecule has 0 unspecified atom stereocenters. The van der Waals surface area contributed by atoms with E-state index in [0.717, 1.165) is 22.6 Å². The van der Waals surface area contributed by atoms with E-state index < -0.39 is 0 Å². The fraction of sp³-hybridized carbons (Fsp3) is 0.286. The summed E-state index contributed by atoms with van der Waals surface area (Å²) in [4.78, 5) is 19.4. The number of nitrogens with zero attached hydrogens (tertiary/aromatic N) is 1. The fourth-order valence-electron chi connectivity index (χ4n) is 1.73. The van der Waals surface area contributed by atoms with Crippen molar-refractivity contribution in [2.75, 3.05) is 0 Å². The number of aryl methyl sites for hydroxylation is 1. The molecule has 0 fully saturated rings. The maximum Gasteiger partial charge on any atom is 0.251 e. The van der Waals surface area contributed by atoms with E-state index in [0.29, 0.717) is 5.16 Å². The Hall–Kier alpha value is -1.59. The number of hydrogen-bond donors (Lipinski definition) is 2. The molecule has 4 nitrogen and oxygen atoms in total. The monoisotopic (exact) mass is 275 g/mol. The molecule has 3 N–H and O–H groups in total. The van der Waals surface area contributed by atoms with Crippen LogP contribution in [0.3, 0.4) is 0 Å². The average molecular weight is 275 g/mol. The third-order valence-corrected chi connectivity index (χ3v) is 3.71. The van der Waals surface area contributed by atoms with Gasteiger partial charge in [0.15, 0.2) is 5.16 Å². The summed E-state index contributed by atoms with van der Waals surface area (Å²) in [6.45, 7) is 3.87. The Bertz CT molecular complexity index is 607. The van der Waals surface area contributed by atoms with E-state index in [9.17, 15) is 4.79 Å². The van der Waals surface area contributed by atoms with Crippen molar-refractivity contribution in [1.82, 2.24) is 9.97 Å². The summed E-state index contributed by atoms with van der Waals surface area (Å²) in [7, 11) is 0. The number of hydrogen-bond acceptors (Lipinski definition) is 4. The summed E-state index contributed by atoms with van der Waals surface area (Å²) in [6, 6.07) is 9.59. The van der Waals surface area contributed by atoms with E-state index in [2.05, 4.69) is 16.9 Å². The Morgan fingerprint density at radius 1 is 1.37 bits per heavy atom. The topological polar surface area (TPSA) is 71.8 Å². The zero-order valence-corrected chi connectivity index (χ0v) is 11.8. The van der Waals surface area contributed by atoms with Crippen molar-refractivity contribution in [3.05, 3.63) is 51.9 Å². The van der Waals surface area contributed by atoms with Crippen LogP contribution in [-0.4, -0.2) is 9.97 Å². The molecular formula is C14H17N3OS. The Balaban J connectivity index is 2.17. The lowest BCUT2D eigenvalue weighted by Gasteiger charge is -2.09. The molecule has 19 heavy (non-hydrogen) atoms. The number of benzene rings is 1. The van der Waals surface area contributed by atoms with Crippen molar-refractivity contribution < 1.29 is 0 Å². The highest BCUT2D eigenvalue weighted by Crippen LogP contribution is 2.25. The van der Waals surface area contributed by atoms with Gasteiger partial charge in [-0.3, -0.25) is 4.79 Å². The fourth-order valence-corrected chi connectivity index (χ4v) is 2.57. The summed E-state index contributed by atoms with van der Waals surface area (Å²) >= 11 is 1.44. The van der Waals surface area contributed by atoms with Crippen LogP contribution in [0.4, 0.5) is 0 Å². The Morgan fingerprint density at radius 2 is 2.05 bits per heavy atom. The van der Waals surface area contributed by atoms with E-state index in [4.69, 9.17) is 5.73 Å². The van der Waals surface area contributed by atoms with Crippen LogP contribution in [0.1, 0.15) is 30.6 Å². The second-order valence-electron chi connectivity index (χ2n) is 4.38. The van der Waals surface area contributed by atoms with Gasteiger partial charge in [0, 0.05) is 22.7 Å². The van der Waals surface area contributed by atoms with Gasteiger partial charge in [-0.05, 0) is 31.0 Å². The Labute approximate surface area is 116 Å². The van der Waals surface area contributed by atoms with Crippen LogP contribution >= 0.6 is 11.8 Å². The minimum atomic E-state index is -0.125. The molecule has 0 saturated heterocycles. The van der Waals surface area contributed by atoms with Gasteiger partial charge in [0.05, 0.1) is 0 Å². The average Bonchev–Trinajstić information content (AvgIpc) is 2.37. The minimum Gasteiger partial charge on any atom is -0.324 e. The first-order chi connectivity index (χ1) is 9.08. The Morgan fingerprint density at radius 3 is 2.63 bits per heavy atom. The molecule has 1 aromatic heterocycles. The van der Waals surface area contributed by atoms with Gasteiger partial charge in [-0.25, -0.2) is 4.98 Å². The van der Waals surface area contributed by atoms with Gasteiger partial charge < -0.3 is 10.7 Å². The van der Waals surface area contributed by atoms with Gasteiger partial charge in [0.25, 0.3) is 5.56 Å². The normalized spacial score (nSPS) is 12.4. The zero-order chi connectivity index (χ0) is 13.8. The highest BCUT2D eigenvalue weighted by Gasteiger charge is 2.05. The molecule has 1 atom stereocenters. The summed E-state index contributed by atoms with van der Waals surface area (Å²) < 4.78 is 0. The van der Waals surface area contributed by atoms with Crippen LogP contribution in [0.25, 0.3) is 0 Å². The molecule has 0 radical (unpaired) electrons. The summed E-state index contributed by atoms with van der Waals surface area (Å²) in [5.41, 5.74) is 7.69. The molecule has 1 aromatic carbocycles. The first kappa shape index (κ1) is 13.8. The zero-order valence-electron chi connectivity index (χ0n) is 11.0. The van der Waals surface area contributed by atoms with Crippen LogP contribution in [0, 0.1) is 6.92 Å². The highest BCUT2D eigenvalue weighted by molar-refractivity contribution is 7.99. The van der Waals surface area contributed by atoms with E-state index in [1.165, 1.54) is 17.8 Å². The van der Waals surface area contributed by atoms with Crippen LogP contribution in [0.5, 0.6) is 0 Å². The van der Waals surface area contributed by atoms with Crippen LogP contribution < -0.4 is 11.3 Å². The quantitative estimate of drug-likeness (QED) is 0.841. The van der Waals surface area contributed by atoms with Gasteiger partial charge in [0.1, 0.15) is 0 Å². The molecule has 0 aliphatic carbocycles. The first-order valence-corrected chi connectivity index (χ1v) is 7.01. The smallest absolute Gasteiger partial charge is 0.251 e. The molecule has 0 bridgehead atoms. The standard InChI is InChI=1S/C14H17N3OS/c1-3-12(15)10-4-6-11(7-5-10)19-14-16-9(2)8-13(18)17-14/h4-8,12H,3,15H2,1-2H3,(H,16,17,18)/t12-/m1/s1. The summed E-state index contributed by atoms with van der Waals surface area (Å²) in [5.74, 6) is 0. The predicted molar refractivity (Wildman–Crippen MR) is 77.4 cm³/mol. The van der Waals surface area contributed by atoms with Crippen LogP contribution in [0.15, 0.2) is 45.2 Å². The lowest BCUT2D eigenvalue weighted by Crippen LogP contribution is -2.08. The van der Waals surface area contributed by atoms with Crippen molar-refractivity contribution in [3.63, 3.8) is 0 Å². The third-order valence-electron chi connectivity index (χ3n) is 2.81. The SMILES string of the molecule is CC[C@@H](N)c1ccc(Sc2nc(C)cc(=O)[nH]2)cc1. The molecule has 0 aliphatic rings. The van der Waals surface area contributed by atoms with Crippen LogP contribution in [-0.2, 0) is 0 Å². The molecule has 100 valence electrons. The van der Waals surface area contributed by atoms with Gasteiger partial charge >= 0.3 is 0 Å². The lowest BCUT2D eigenvalue weighted by molar-refractivity contribution is 0.698. The number of nitrogens with two attached hydrogens (primary N) is 1. The number of nitrogens with one attached hydrogen (secondary N) is 1. The molecule has 0 aliphatic heterocycles. The maximum atomic E-state index is 11.4.